The predicted molar refractivity (Wildman–Crippen MR) is 126 cm³/mol. The highest BCUT2D eigenvalue weighted by Crippen LogP contribution is 2.36. The first-order chi connectivity index (χ1) is 16.4. The number of hydroxylamine groups is 1. The molecule has 34 heavy (non-hydrogen) atoms. The topological polar surface area (TPSA) is 135 Å². The molecule has 1 saturated heterocycles. The Morgan fingerprint density at radius 1 is 1.06 bits per heavy atom. The van der Waals surface area contributed by atoms with Crippen molar-refractivity contribution < 1.29 is 32.4 Å². The molecular formula is C23H24N2O7S2. The van der Waals surface area contributed by atoms with Crippen molar-refractivity contribution in [3.8, 4) is 0 Å². The minimum atomic E-state index is -4.06. The first-order valence-corrected chi connectivity index (χ1v) is 13.1. The van der Waals surface area contributed by atoms with Gasteiger partial charge in [0.15, 0.2) is 20.3 Å². The van der Waals surface area contributed by atoms with E-state index in [0.29, 0.717) is 17.9 Å². The molecule has 0 bridgehead atoms. The zero-order valence-corrected chi connectivity index (χ0v) is 19.8. The van der Waals surface area contributed by atoms with Crippen LogP contribution in [0.15, 0.2) is 68.8 Å². The average molecular weight is 505 g/mol. The Morgan fingerprint density at radius 2 is 1.76 bits per heavy atom. The van der Waals surface area contributed by atoms with E-state index >= 15 is 0 Å². The Bertz CT molecular complexity index is 1250. The molecule has 0 saturated carbocycles. The summed E-state index contributed by atoms with van der Waals surface area (Å²) in [6.07, 6.45) is -0.0771. The number of rotatable bonds is 8. The van der Waals surface area contributed by atoms with Gasteiger partial charge in [0, 0.05) is 35.8 Å². The van der Waals surface area contributed by atoms with Crippen molar-refractivity contribution in [2.45, 2.75) is 27.4 Å². The molecule has 2 aromatic carbocycles. The highest BCUT2D eigenvalue weighted by atomic mass is 32.2. The first kappa shape index (κ1) is 24.3. The third-order valence-electron chi connectivity index (χ3n) is 5.77. The quantitative estimate of drug-likeness (QED) is 0.184. The lowest BCUT2D eigenvalue weighted by molar-refractivity contribution is -0.134. The number of nitrogens with one attached hydrogen (secondary N) is 2. The van der Waals surface area contributed by atoms with Crippen LogP contribution in [-0.2, 0) is 19.4 Å². The van der Waals surface area contributed by atoms with Crippen molar-refractivity contribution >= 4 is 44.4 Å². The number of sulfone groups is 1. The number of amides is 2. The van der Waals surface area contributed by atoms with Gasteiger partial charge in [0.05, 0.1) is 4.90 Å². The fourth-order valence-corrected chi connectivity index (χ4v) is 6.58. The molecule has 2 amide bonds. The van der Waals surface area contributed by atoms with Crippen molar-refractivity contribution in [2.75, 3.05) is 25.5 Å². The molecule has 1 aliphatic heterocycles. The summed E-state index contributed by atoms with van der Waals surface area (Å²) in [5.41, 5.74) is 2.16. The van der Waals surface area contributed by atoms with Crippen molar-refractivity contribution in [3.05, 3.63) is 60.4 Å². The van der Waals surface area contributed by atoms with Gasteiger partial charge in [-0.3, -0.25) is 14.8 Å². The standard InChI is InChI=1S/C23H24N2O7S2/c26-21(20-15-16-3-1-2-4-19(16)32-20)24-11-14-33-17-5-7-18(8-6-17)34(29,30)23(22(27)25-28)9-12-31-13-10-23/h1-8,15,28H,9-14H2,(H,24,26)(H,25,27). The number of para-hydroxylation sites is 1. The molecule has 1 aromatic heterocycles. The van der Waals surface area contributed by atoms with Crippen LogP contribution < -0.4 is 10.8 Å². The first-order valence-electron chi connectivity index (χ1n) is 10.6. The summed E-state index contributed by atoms with van der Waals surface area (Å²) in [7, 11) is -4.06. The Kier molecular flexibility index (Phi) is 7.27. The van der Waals surface area contributed by atoms with Gasteiger partial charge < -0.3 is 14.5 Å². The molecule has 0 aliphatic carbocycles. The average Bonchev–Trinajstić information content (AvgIpc) is 3.31. The molecule has 3 N–H and O–H groups in total. The summed E-state index contributed by atoms with van der Waals surface area (Å²) < 4.78 is 35.5. The van der Waals surface area contributed by atoms with Crippen LogP contribution in [-0.4, -0.2) is 55.7 Å². The number of carbonyl (C=O) groups is 2. The van der Waals surface area contributed by atoms with E-state index in [-0.39, 0.29) is 42.6 Å². The molecule has 180 valence electrons. The Labute approximate surface area is 200 Å². The van der Waals surface area contributed by atoms with Gasteiger partial charge in [-0.05, 0) is 49.2 Å². The molecule has 3 aromatic rings. The van der Waals surface area contributed by atoms with Crippen LogP contribution in [0.2, 0.25) is 0 Å². The lowest BCUT2D eigenvalue weighted by atomic mass is 9.98. The van der Waals surface area contributed by atoms with Crippen LogP contribution in [0, 0.1) is 0 Å². The van der Waals surface area contributed by atoms with Gasteiger partial charge in [-0.1, -0.05) is 18.2 Å². The number of fused-ring (bicyclic) bond motifs is 1. The van der Waals surface area contributed by atoms with Crippen LogP contribution in [0.1, 0.15) is 23.4 Å². The fourth-order valence-electron chi connectivity index (χ4n) is 3.88. The second kappa shape index (κ2) is 10.2. The van der Waals surface area contributed by atoms with Gasteiger partial charge in [-0.2, -0.15) is 0 Å². The maximum absolute atomic E-state index is 13.3. The molecule has 2 heterocycles. The van der Waals surface area contributed by atoms with Gasteiger partial charge in [-0.15, -0.1) is 11.8 Å². The Balaban J connectivity index is 1.35. The lowest BCUT2D eigenvalue weighted by Crippen LogP contribution is -2.54. The van der Waals surface area contributed by atoms with Gasteiger partial charge in [0.2, 0.25) is 0 Å². The van der Waals surface area contributed by atoms with Gasteiger partial charge in [-0.25, -0.2) is 13.9 Å². The summed E-state index contributed by atoms with van der Waals surface area (Å²) in [6.45, 7) is 0.612. The third-order valence-corrected chi connectivity index (χ3v) is 9.30. The third kappa shape index (κ3) is 4.69. The fraction of sp³-hybridized carbons (Fsp3) is 0.304. The van der Waals surface area contributed by atoms with E-state index in [2.05, 4.69) is 5.32 Å². The van der Waals surface area contributed by atoms with Crippen molar-refractivity contribution in [2.24, 2.45) is 0 Å². The highest BCUT2D eigenvalue weighted by molar-refractivity contribution is 7.99. The molecule has 0 unspecified atom stereocenters. The van der Waals surface area contributed by atoms with Gasteiger partial charge in [0.25, 0.3) is 11.8 Å². The lowest BCUT2D eigenvalue weighted by Gasteiger charge is -2.34. The summed E-state index contributed by atoms with van der Waals surface area (Å²) in [6, 6.07) is 15.3. The normalized spacial score (nSPS) is 15.7. The monoisotopic (exact) mass is 504 g/mol. The van der Waals surface area contributed by atoms with Gasteiger partial charge in [0.1, 0.15) is 5.58 Å². The molecule has 11 heteroatoms. The summed E-state index contributed by atoms with van der Waals surface area (Å²) in [5.74, 6) is -0.446. The van der Waals surface area contributed by atoms with Crippen LogP contribution >= 0.6 is 11.8 Å². The second-order valence-corrected chi connectivity index (χ2v) is 11.2. The van der Waals surface area contributed by atoms with E-state index in [4.69, 9.17) is 14.4 Å². The molecule has 9 nitrogen and oxygen atoms in total. The largest absolute Gasteiger partial charge is 0.451 e. The molecular weight excluding hydrogens is 480 g/mol. The molecule has 0 spiro atoms. The highest BCUT2D eigenvalue weighted by Gasteiger charge is 2.52. The minimum absolute atomic E-state index is 0.000498. The van der Waals surface area contributed by atoms with Crippen LogP contribution in [0.3, 0.4) is 0 Å². The summed E-state index contributed by atoms with van der Waals surface area (Å²) >= 11 is 1.45. The van der Waals surface area contributed by atoms with E-state index in [1.54, 1.807) is 24.3 Å². The maximum Gasteiger partial charge on any atom is 0.287 e. The van der Waals surface area contributed by atoms with E-state index in [1.807, 2.05) is 18.2 Å². The molecule has 1 fully saturated rings. The van der Waals surface area contributed by atoms with Crippen molar-refractivity contribution in [1.29, 1.82) is 0 Å². The van der Waals surface area contributed by atoms with Crippen molar-refractivity contribution in [3.63, 3.8) is 0 Å². The number of furan rings is 1. The summed E-state index contributed by atoms with van der Waals surface area (Å²) in [4.78, 5) is 25.4. The second-order valence-electron chi connectivity index (χ2n) is 7.78. The van der Waals surface area contributed by atoms with Crippen LogP contribution in [0.4, 0.5) is 0 Å². The Morgan fingerprint density at radius 3 is 2.44 bits per heavy atom. The van der Waals surface area contributed by atoms with Crippen molar-refractivity contribution in [1.82, 2.24) is 10.8 Å². The Hall–Kier alpha value is -2.86. The number of benzene rings is 2. The molecule has 1 aliphatic rings. The number of ether oxygens (including phenoxy) is 1. The number of thioether (sulfide) groups is 1. The predicted octanol–water partition coefficient (Wildman–Crippen LogP) is 2.78. The van der Waals surface area contributed by atoms with E-state index < -0.39 is 20.5 Å². The van der Waals surface area contributed by atoms with E-state index in [0.717, 1.165) is 10.3 Å². The molecule has 0 radical (unpaired) electrons. The van der Waals surface area contributed by atoms with Crippen LogP contribution in [0.5, 0.6) is 0 Å². The zero-order chi connectivity index (χ0) is 24.2. The van der Waals surface area contributed by atoms with E-state index in [1.165, 1.54) is 29.4 Å². The number of hydrogen-bond acceptors (Lipinski definition) is 8. The summed E-state index contributed by atoms with van der Waals surface area (Å²) in [5, 5.41) is 12.8. The molecule has 0 atom stereocenters. The van der Waals surface area contributed by atoms with Gasteiger partial charge >= 0.3 is 0 Å². The number of hydrogen-bond donors (Lipinski definition) is 3. The zero-order valence-electron chi connectivity index (χ0n) is 18.2. The van der Waals surface area contributed by atoms with E-state index in [9.17, 15) is 18.0 Å². The SMILES string of the molecule is O=C(NCCSc1ccc(S(=O)(=O)C2(C(=O)NO)CCOCC2)cc1)c1cc2ccccc2o1. The molecule has 4 rings (SSSR count). The maximum atomic E-state index is 13.3. The van der Waals surface area contributed by atoms with Crippen LogP contribution in [0.25, 0.3) is 11.0 Å². The smallest absolute Gasteiger partial charge is 0.287 e. The number of carbonyl (C=O) groups excluding carboxylic acids is 2. The minimum Gasteiger partial charge on any atom is -0.451 e.